The van der Waals surface area contributed by atoms with E-state index in [4.69, 9.17) is 0 Å². The zero-order chi connectivity index (χ0) is 26.6. The zero-order valence-corrected chi connectivity index (χ0v) is 22.1. The lowest BCUT2D eigenvalue weighted by Crippen LogP contribution is -2.33. The highest BCUT2D eigenvalue weighted by molar-refractivity contribution is 7.91. The van der Waals surface area contributed by atoms with Crippen LogP contribution in [-0.2, 0) is 16.3 Å². The minimum Gasteiger partial charge on any atom is -0.492 e. The molecule has 0 aliphatic heterocycles. The van der Waals surface area contributed by atoms with Crippen molar-refractivity contribution in [1.82, 2.24) is 14.5 Å². The molecular weight excluding hydrogens is 486 g/mol. The van der Waals surface area contributed by atoms with Crippen LogP contribution < -0.4 is 5.56 Å². The van der Waals surface area contributed by atoms with Crippen LogP contribution in [0.4, 0.5) is 0 Å². The second-order valence-electron chi connectivity index (χ2n) is 9.01. The number of nitrogens with zero attached hydrogens (tertiary/aromatic N) is 3. The van der Waals surface area contributed by atoms with E-state index in [0.717, 1.165) is 35.1 Å². The lowest BCUT2D eigenvalue weighted by atomic mass is 10.0. The van der Waals surface area contributed by atoms with Crippen LogP contribution in [-0.4, -0.2) is 28.1 Å². The molecule has 0 aliphatic carbocycles. The number of sulfone groups is 1. The maximum absolute atomic E-state index is 13.9. The third-order valence-electron chi connectivity index (χ3n) is 6.53. The third-order valence-corrected chi connectivity index (χ3v) is 8.32. The molecule has 0 saturated carbocycles. The fraction of sp³-hybridized carbons (Fsp3) is 0.276. The average molecular weight is 518 g/mol. The summed E-state index contributed by atoms with van der Waals surface area (Å²) in [5, 5.41) is 10.8. The quantitative estimate of drug-likeness (QED) is 0.315. The molecule has 7 nitrogen and oxygen atoms in total. The van der Waals surface area contributed by atoms with Gasteiger partial charge in [0.2, 0.25) is 15.7 Å². The summed E-state index contributed by atoms with van der Waals surface area (Å²) in [4.78, 5) is 21.5. The largest absolute Gasteiger partial charge is 0.492 e. The van der Waals surface area contributed by atoms with Crippen molar-refractivity contribution in [2.75, 3.05) is 0 Å². The number of pyridine rings is 1. The molecule has 0 radical (unpaired) electrons. The molecule has 0 fully saturated rings. The Morgan fingerprint density at radius 2 is 1.70 bits per heavy atom. The standard InChI is InChI=1S/C29H31N3O4S/c1-4-6-12-26-31-28(33)27(29(34)32(26)25(5-2)22-10-8-7-9-11-22)37(35,36)23-15-13-21(14-16-23)24-17-18-30-19-20(24)3/h7-11,13-19,25,33H,4-6,12H2,1-3H3. The molecule has 1 unspecified atom stereocenters. The fourth-order valence-corrected chi connectivity index (χ4v) is 5.93. The van der Waals surface area contributed by atoms with Crippen molar-refractivity contribution in [3.8, 4) is 17.0 Å². The Balaban J connectivity index is 1.86. The summed E-state index contributed by atoms with van der Waals surface area (Å²) in [6.45, 7) is 5.89. The molecule has 2 aromatic carbocycles. The van der Waals surface area contributed by atoms with Crippen LogP contribution in [0.1, 0.15) is 56.1 Å². The molecule has 0 spiro atoms. The van der Waals surface area contributed by atoms with Crippen LogP contribution in [0.15, 0.2) is 87.6 Å². The van der Waals surface area contributed by atoms with Crippen LogP contribution in [0.3, 0.4) is 0 Å². The number of rotatable bonds is 9. The van der Waals surface area contributed by atoms with Crippen molar-refractivity contribution in [3.63, 3.8) is 0 Å². The Hall–Kier alpha value is -3.78. The van der Waals surface area contributed by atoms with Crippen LogP contribution in [0.5, 0.6) is 5.88 Å². The van der Waals surface area contributed by atoms with E-state index in [2.05, 4.69) is 9.97 Å². The number of unbranched alkanes of at least 4 members (excludes halogenated alkanes) is 1. The van der Waals surface area contributed by atoms with Gasteiger partial charge in [-0.3, -0.25) is 14.3 Å². The normalized spacial score (nSPS) is 12.4. The van der Waals surface area contributed by atoms with Gasteiger partial charge in [-0.25, -0.2) is 8.42 Å². The molecule has 8 heteroatoms. The van der Waals surface area contributed by atoms with Crippen LogP contribution in [0, 0.1) is 6.92 Å². The topological polar surface area (TPSA) is 102 Å². The minimum absolute atomic E-state index is 0.0854. The molecule has 0 aliphatic rings. The summed E-state index contributed by atoms with van der Waals surface area (Å²) >= 11 is 0. The van der Waals surface area contributed by atoms with Gasteiger partial charge in [0.15, 0.2) is 4.90 Å². The van der Waals surface area contributed by atoms with Gasteiger partial charge in [0, 0.05) is 18.8 Å². The smallest absolute Gasteiger partial charge is 0.277 e. The molecule has 4 rings (SSSR count). The van der Waals surface area contributed by atoms with E-state index in [0.29, 0.717) is 18.7 Å². The van der Waals surface area contributed by atoms with Crippen LogP contribution in [0.2, 0.25) is 0 Å². The predicted octanol–water partition coefficient (Wildman–Crippen LogP) is 5.49. The highest BCUT2D eigenvalue weighted by atomic mass is 32.2. The van der Waals surface area contributed by atoms with Gasteiger partial charge in [-0.2, -0.15) is 4.98 Å². The molecule has 0 bridgehead atoms. The van der Waals surface area contributed by atoms with Gasteiger partial charge < -0.3 is 5.11 Å². The number of hydrogen-bond acceptors (Lipinski definition) is 6. The average Bonchev–Trinajstić information content (AvgIpc) is 2.90. The monoisotopic (exact) mass is 517 g/mol. The number of aromatic hydroxyl groups is 1. The van der Waals surface area contributed by atoms with Gasteiger partial charge >= 0.3 is 0 Å². The highest BCUT2D eigenvalue weighted by Gasteiger charge is 2.31. The van der Waals surface area contributed by atoms with Crippen LogP contribution >= 0.6 is 0 Å². The van der Waals surface area contributed by atoms with Crippen molar-refractivity contribution < 1.29 is 13.5 Å². The first-order valence-electron chi connectivity index (χ1n) is 12.4. The van der Waals surface area contributed by atoms with Crippen molar-refractivity contribution in [2.45, 2.75) is 62.3 Å². The molecule has 1 atom stereocenters. The Kier molecular flexibility index (Phi) is 7.88. The van der Waals surface area contributed by atoms with E-state index in [1.807, 2.05) is 57.2 Å². The Bertz CT molecular complexity index is 1550. The van der Waals surface area contributed by atoms with E-state index in [-0.39, 0.29) is 4.90 Å². The Labute approximate surface area is 217 Å². The fourth-order valence-electron chi connectivity index (χ4n) is 4.59. The van der Waals surface area contributed by atoms with Gasteiger partial charge in [0.05, 0.1) is 10.9 Å². The molecule has 2 heterocycles. The van der Waals surface area contributed by atoms with Crippen molar-refractivity contribution >= 4 is 9.84 Å². The summed E-state index contributed by atoms with van der Waals surface area (Å²) in [6, 6.07) is 17.2. The Morgan fingerprint density at radius 1 is 1.00 bits per heavy atom. The van der Waals surface area contributed by atoms with Crippen LogP contribution in [0.25, 0.3) is 11.1 Å². The SMILES string of the molecule is CCCCc1nc(O)c(S(=O)(=O)c2ccc(-c3ccncc3C)cc2)c(=O)n1C(CC)c1ccccc1. The molecule has 4 aromatic rings. The number of hydrogen-bond donors (Lipinski definition) is 1. The maximum Gasteiger partial charge on any atom is 0.277 e. The van der Waals surface area contributed by atoms with Gasteiger partial charge in [0.25, 0.3) is 5.56 Å². The molecular formula is C29H31N3O4S. The van der Waals surface area contributed by atoms with Gasteiger partial charge in [0.1, 0.15) is 5.82 Å². The second-order valence-corrected chi connectivity index (χ2v) is 10.9. The van der Waals surface area contributed by atoms with E-state index < -0.39 is 32.2 Å². The van der Waals surface area contributed by atoms with E-state index >= 15 is 0 Å². The van der Waals surface area contributed by atoms with E-state index in [9.17, 15) is 18.3 Å². The first-order chi connectivity index (χ1) is 17.8. The molecule has 192 valence electrons. The number of benzene rings is 2. The van der Waals surface area contributed by atoms with E-state index in [1.54, 1.807) is 24.5 Å². The number of aromatic nitrogens is 3. The third kappa shape index (κ3) is 5.20. The summed E-state index contributed by atoms with van der Waals surface area (Å²) in [6.07, 6.45) is 6.03. The van der Waals surface area contributed by atoms with Crippen molar-refractivity contribution in [2.24, 2.45) is 0 Å². The van der Waals surface area contributed by atoms with Crippen molar-refractivity contribution in [1.29, 1.82) is 0 Å². The van der Waals surface area contributed by atoms with Crippen molar-refractivity contribution in [3.05, 3.63) is 100 Å². The van der Waals surface area contributed by atoms with Gasteiger partial charge in [-0.15, -0.1) is 0 Å². The first kappa shape index (κ1) is 26.3. The minimum atomic E-state index is -4.35. The summed E-state index contributed by atoms with van der Waals surface area (Å²) < 4.78 is 28.8. The Morgan fingerprint density at radius 3 is 2.32 bits per heavy atom. The number of aryl methyl sites for hydroxylation is 2. The summed E-state index contributed by atoms with van der Waals surface area (Å²) in [7, 11) is -4.35. The first-order valence-corrected chi connectivity index (χ1v) is 13.9. The molecule has 0 saturated heterocycles. The zero-order valence-electron chi connectivity index (χ0n) is 21.3. The summed E-state index contributed by atoms with van der Waals surface area (Å²) in [5.41, 5.74) is 2.82. The molecule has 0 amide bonds. The van der Waals surface area contributed by atoms with E-state index in [1.165, 1.54) is 16.7 Å². The van der Waals surface area contributed by atoms with Gasteiger partial charge in [-0.05, 0) is 60.2 Å². The second kappa shape index (κ2) is 11.1. The highest BCUT2D eigenvalue weighted by Crippen LogP contribution is 2.30. The maximum atomic E-state index is 13.9. The lowest BCUT2D eigenvalue weighted by Gasteiger charge is -2.23. The lowest BCUT2D eigenvalue weighted by molar-refractivity contribution is 0.406. The predicted molar refractivity (Wildman–Crippen MR) is 144 cm³/mol. The molecule has 1 N–H and O–H groups in total. The van der Waals surface area contributed by atoms with Gasteiger partial charge in [-0.1, -0.05) is 62.7 Å². The summed E-state index contributed by atoms with van der Waals surface area (Å²) in [5.74, 6) is -0.383. The molecule has 37 heavy (non-hydrogen) atoms. The molecule has 2 aromatic heterocycles.